The van der Waals surface area contributed by atoms with Gasteiger partial charge in [0.2, 0.25) is 0 Å². The predicted octanol–water partition coefficient (Wildman–Crippen LogP) is 2.75. The molecule has 1 heterocycles. The first-order valence-corrected chi connectivity index (χ1v) is 8.81. The van der Waals surface area contributed by atoms with Crippen LogP contribution in [0.25, 0.3) is 11.1 Å². The third-order valence-corrected chi connectivity index (χ3v) is 4.46. The fourth-order valence-electron chi connectivity index (χ4n) is 3.10. The smallest absolute Gasteiger partial charge is 0.342 e. The van der Waals surface area contributed by atoms with Crippen LogP contribution in [-0.2, 0) is 6.61 Å². The van der Waals surface area contributed by atoms with Gasteiger partial charge in [0, 0.05) is 11.1 Å². The molecule has 0 atom stereocenters. The van der Waals surface area contributed by atoms with Gasteiger partial charge in [0.1, 0.15) is 29.3 Å². The van der Waals surface area contributed by atoms with Crippen molar-refractivity contribution in [2.45, 2.75) is 6.61 Å². The molecule has 0 unspecified atom stereocenters. The number of carboxylic acids is 2. The number of carbonyl (C=O) groups is 2. The van der Waals surface area contributed by atoms with Crippen molar-refractivity contribution in [3.05, 3.63) is 75.3 Å². The number of pyridine rings is 1. The SMILES string of the molecule is COc1ccc(-c2c(C(=O)O)c(N)[nH]c(=O)c2C(=O)O)cc1COc1ccccc1F. The first kappa shape index (κ1) is 21.4. The topological polar surface area (TPSA) is 152 Å². The van der Waals surface area contributed by atoms with Crippen LogP contribution in [0.4, 0.5) is 10.2 Å². The summed E-state index contributed by atoms with van der Waals surface area (Å²) in [5, 5.41) is 19.1. The van der Waals surface area contributed by atoms with E-state index < -0.39 is 40.3 Å². The number of hydrogen-bond donors (Lipinski definition) is 4. The maximum absolute atomic E-state index is 13.9. The lowest BCUT2D eigenvalue weighted by Gasteiger charge is -2.15. The van der Waals surface area contributed by atoms with E-state index in [1.54, 1.807) is 6.07 Å². The van der Waals surface area contributed by atoms with E-state index in [4.69, 9.17) is 15.2 Å². The molecule has 0 saturated carbocycles. The minimum Gasteiger partial charge on any atom is -0.496 e. The number of anilines is 1. The normalized spacial score (nSPS) is 10.5. The van der Waals surface area contributed by atoms with Gasteiger partial charge >= 0.3 is 11.9 Å². The Balaban J connectivity index is 2.17. The number of aromatic carboxylic acids is 2. The van der Waals surface area contributed by atoms with Crippen LogP contribution >= 0.6 is 0 Å². The lowest BCUT2D eigenvalue weighted by Crippen LogP contribution is -2.24. The summed E-state index contributed by atoms with van der Waals surface area (Å²) in [4.78, 5) is 37.7. The van der Waals surface area contributed by atoms with Crippen molar-refractivity contribution in [2.75, 3.05) is 12.8 Å². The van der Waals surface area contributed by atoms with Gasteiger partial charge < -0.3 is 30.4 Å². The van der Waals surface area contributed by atoms with Gasteiger partial charge in [0.25, 0.3) is 5.56 Å². The summed E-state index contributed by atoms with van der Waals surface area (Å²) in [5.74, 6) is -3.91. The van der Waals surface area contributed by atoms with E-state index in [2.05, 4.69) is 0 Å². The van der Waals surface area contributed by atoms with Gasteiger partial charge in [-0.1, -0.05) is 18.2 Å². The number of hydrogen-bond acceptors (Lipinski definition) is 6. The van der Waals surface area contributed by atoms with Crippen molar-refractivity contribution in [3.63, 3.8) is 0 Å². The Bertz CT molecular complexity index is 1240. The van der Waals surface area contributed by atoms with E-state index in [0.29, 0.717) is 11.3 Å². The molecule has 0 bridgehead atoms. The number of aromatic nitrogens is 1. The second-order valence-electron chi connectivity index (χ2n) is 6.35. The number of nitrogens with one attached hydrogen (secondary N) is 1. The Hall–Kier alpha value is -4.34. The molecule has 0 aliphatic rings. The number of nitrogens with two attached hydrogens (primary N) is 1. The number of rotatable bonds is 7. The quantitative estimate of drug-likeness (QED) is 0.448. The molecule has 3 rings (SSSR count). The molecule has 5 N–H and O–H groups in total. The summed E-state index contributed by atoms with van der Waals surface area (Å²) in [6.45, 7) is -0.179. The zero-order valence-electron chi connectivity index (χ0n) is 16.1. The molecule has 0 aliphatic heterocycles. The number of H-pyrrole nitrogens is 1. The van der Waals surface area contributed by atoms with Crippen LogP contribution in [-0.4, -0.2) is 34.2 Å². The Morgan fingerprint density at radius 2 is 1.74 bits per heavy atom. The van der Waals surface area contributed by atoms with Gasteiger partial charge in [0.15, 0.2) is 11.6 Å². The largest absolute Gasteiger partial charge is 0.496 e. The Labute approximate surface area is 174 Å². The Kier molecular flexibility index (Phi) is 5.91. The molecule has 0 spiro atoms. The number of halogens is 1. The van der Waals surface area contributed by atoms with E-state index in [1.807, 2.05) is 4.98 Å². The van der Waals surface area contributed by atoms with Crippen LogP contribution in [0.1, 0.15) is 26.3 Å². The lowest BCUT2D eigenvalue weighted by atomic mass is 9.94. The van der Waals surface area contributed by atoms with E-state index in [1.165, 1.54) is 43.5 Å². The third-order valence-electron chi connectivity index (χ3n) is 4.46. The minimum absolute atomic E-state index is 0.0205. The average molecular weight is 428 g/mol. The van der Waals surface area contributed by atoms with Crippen LogP contribution in [0.2, 0.25) is 0 Å². The average Bonchev–Trinajstić information content (AvgIpc) is 2.71. The van der Waals surface area contributed by atoms with E-state index in [0.717, 1.165) is 0 Å². The third kappa shape index (κ3) is 4.17. The summed E-state index contributed by atoms with van der Waals surface area (Å²) >= 11 is 0. The summed E-state index contributed by atoms with van der Waals surface area (Å²) in [6.07, 6.45) is 0. The molecular formula is C21H17FN2O7. The molecule has 0 fully saturated rings. The molecule has 0 amide bonds. The van der Waals surface area contributed by atoms with Gasteiger partial charge in [-0.25, -0.2) is 14.0 Å². The maximum atomic E-state index is 13.9. The Morgan fingerprint density at radius 1 is 1.06 bits per heavy atom. The number of methoxy groups -OCH3 is 1. The summed E-state index contributed by atoms with van der Waals surface area (Å²) in [5.41, 5.74) is 3.33. The van der Waals surface area contributed by atoms with Crippen LogP contribution in [0, 0.1) is 5.82 Å². The number of benzene rings is 2. The fourth-order valence-corrected chi connectivity index (χ4v) is 3.10. The highest BCUT2D eigenvalue weighted by Gasteiger charge is 2.27. The number of para-hydroxylation sites is 1. The zero-order chi connectivity index (χ0) is 22.7. The standard InChI is InChI=1S/C21H17FN2O7/c1-30-13-7-6-10(8-11(13)9-31-14-5-3-2-4-12(14)22)15-16(20(26)27)18(23)24-19(25)17(15)21(28)29/h2-8H,9H2,1H3,(H,26,27)(H,28,29)(H3,23,24,25). The molecule has 0 saturated heterocycles. The van der Waals surface area contributed by atoms with Crippen molar-refractivity contribution in [1.29, 1.82) is 0 Å². The maximum Gasteiger partial charge on any atom is 0.342 e. The van der Waals surface area contributed by atoms with Gasteiger partial charge in [-0.15, -0.1) is 0 Å². The van der Waals surface area contributed by atoms with Gasteiger partial charge in [-0.05, 0) is 29.8 Å². The first-order valence-electron chi connectivity index (χ1n) is 8.81. The molecular weight excluding hydrogens is 411 g/mol. The summed E-state index contributed by atoms with van der Waals surface area (Å²) in [6, 6.07) is 9.97. The molecule has 10 heteroatoms. The second kappa shape index (κ2) is 8.57. The minimum atomic E-state index is -1.63. The first-order chi connectivity index (χ1) is 14.7. The van der Waals surface area contributed by atoms with Crippen LogP contribution < -0.4 is 20.8 Å². The van der Waals surface area contributed by atoms with Crippen LogP contribution in [0.15, 0.2) is 47.3 Å². The van der Waals surface area contributed by atoms with Crippen LogP contribution in [0.3, 0.4) is 0 Å². The lowest BCUT2D eigenvalue weighted by molar-refractivity contribution is 0.0695. The van der Waals surface area contributed by atoms with Crippen molar-refractivity contribution in [2.24, 2.45) is 0 Å². The number of aromatic amines is 1. The van der Waals surface area contributed by atoms with Gasteiger partial charge in [-0.3, -0.25) is 4.79 Å². The molecule has 31 heavy (non-hydrogen) atoms. The molecule has 160 valence electrons. The van der Waals surface area contributed by atoms with Crippen molar-refractivity contribution in [3.8, 4) is 22.6 Å². The van der Waals surface area contributed by atoms with Crippen molar-refractivity contribution < 1.29 is 33.7 Å². The molecule has 1 aromatic heterocycles. The second-order valence-corrected chi connectivity index (χ2v) is 6.35. The molecule has 0 aliphatic carbocycles. The van der Waals surface area contributed by atoms with E-state index in [-0.39, 0.29) is 23.5 Å². The van der Waals surface area contributed by atoms with Crippen LogP contribution in [0.5, 0.6) is 11.5 Å². The predicted molar refractivity (Wildman–Crippen MR) is 108 cm³/mol. The highest BCUT2D eigenvalue weighted by Crippen LogP contribution is 2.33. The fraction of sp³-hybridized carbons (Fsp3) is 0.0952. The zero-order valence-corrected chi connectivity index (χ0v) is 16.1. The molecule has 9 nitrogen and oxygen atoms in total. The van der Waals surface area contributed by atoms with Crippen molar-refractivity contribution in [1.82, 2.24) is 4.98 Å². The Morgan fingerprint density at radius 3 is 2.35 bits per heavy atom. The van der Waals surface area contributed by atoms with Gasteiger partial charge in [-0.2, -0.15) is 0 Å². The van der Waals surface area contributed by atoms with E-state index >= 15 is 0 Å². The summed E-state index contributed by atoms with van der Waals surface area (Å²) in [7, 11) is 1.39. The van der Waals surface area contributed by atoms with E-state index in [9.17, 15) is 29.0 Å². The molecule has 2 aromatic carbocycles. The molecule has 0 radical (unpaired) electrons. The van der Waals surface area contributed by atoms with Gasteiger partial charge in [0.05, 0.1) is 7.11 Å². The highest BCUT2D eigenvalue weighted by molar-refractivity contribution is 6.07. The monoisotopic (exact) mass is 428 g/mol. The summed E-state index contributed by atoms with van der Waals surface area (Å²) < 4.78 is 24.6. The number of nitrogen functional groups attached to an aromatic ring is 1. The van der Waals surface area contributed by atoms with Crippen molar-refractivity contribution >= 4 is 17.8 Å². The highest BCUT2D eigenvalue weighted by atomic mass is 19.1. The number of carboxylic acid groups (broad SMARTS) is 2. The molecule has 3 aromatic rings. The number of ether oxygens (including phenoxy) is 2.